The van der Waals surface area contributed by atoms with E-state index in [1.54, 1.807) is 6.20 Å². The van der Waals surface area contributed by atoms with E-state index in [1.165, 1.54) is 6.07 Å². The van der Waals surface area contributed by atoms with Gasteiger partial charge in [0.05, 0.1) is 5.97 Å². The number of para-hydroxylation sites is 1. The molecule has 1 N–H and O–H groups in total. The Morgan fingerprint density at radius 2 is 2.18 bits per heavy atom. The SMILES string of the molecule is O=C([O-])c1cc(-c2c[nH]c3ccccc23)on1. The highest BCUT2D eigenvalue weighted by atomic mass is 16.5. The minimum atomic E-state index is -1.35. The van der Waals surface area contributed by atoms with E-state index >= 15 is 0 Å². The molecule has 0 spiro atoms. The Labute approximate surface area is 95.7 Å². The number of benzene rings is 1. The molecule has 5 heteroatoms. The first-order valence-electron chi connectivity index (χ1n) is 5.00. The second kappa shape index (κ2) is 3.48. The van der Waals surface area contributed by atoms with Gasteiger partial charge >= 0.3 is 0 Å². The Morgan fingerprint density at radius 1 is 1.35 bits per heavy atom. The van der Waals surface area contributed by atoms with E-state index < -0.39 is 5.97 Å². The molecule has 0 bridgehead atoms. The fourth-order valence-corrected chi connectivity index (χ4v) is 1.77. The first-order valence-corrected chi connectivity index (χ1v) is 5.00. The maximum atomic E-state index is 10.6. The topological polar surface area (TPSA) is 82.0 Å². The van der Waals surface area contributed by atoms with Gasteiger partial charge in [-0.3, -0.25) is 0 Å². The van der Waals surface area contributed by atoms with Gasteiger partial charge in [-0.05, 0) is 6.07 Å². The van der Waals surface area contributed by atoms with Crippen LogP contribution in [0.1, 0.15) is 10.5 Å². The molecule has 0 radical (unpaired) electrons. The zero-order chi connectivity index (χ0) is 11.8. The molecule has 3 rings (SSSR count). The number of aromatic carboxylic acids is 1. The molecule has 0 unspecified atom stereocenters. The van der Waals surface area contributed by atoms with Crippen molar-refractivity contribution in [3.05, 3.63) is 42.2 Å². The molecule has 17 heavy (non-hydrogen) atoms. The van der Waals surface area contributed by atoms with Gasteiger partial charge in [-0.2, -0.15) is 0 Å². The number of aromatic nitrogens is 2. The van der Waals surface area contributed by atoms with Crippen molar-refractivity contribution in [3.8, 4) is 11.3 Å². The van der Waals surface area contributed by atoms with E-state index in [4.69, 9.17) is 4.52 Å². The molecule has 0 aliphatic rings. The first-order chi connectivity index (χ1) is 8.25. The van der Waals surface area contributed by atoms with Gasteiger partial charge in [0.25, 0.3) is 0 Å². The average Bonchev–Trinajstić information content (AvgIpc) is 2.95. The van der Waals surface area contributed by atoms with Gasteiger partial charge in [0.15, 0.2) is 5.76 Å². The van der Waals surface area contributed by atoms with Gasteiger partial charge in [0, 0.05) is 28.7 Å². The van der Waals surface area contributed by atoms with Crippen molar-refractivity contribution >= 4 is 16.9 Å². The summed E-state index contributed by atoms with van der Waals surface area (Å²) in [6.45, 7) is 0. The third kappa shape index (κ3) is 1.48. The van der Waals surface area contributed by atoms with Crippen molar-refractivity contribution in [1.82, 2.24) is 10.1 Å². The predicted octanol–water partition coefficient (Wildman–Crippen LogP) is 1.19. The van der Waals surface area contributed by atoms with Crippen LogP contribution >= 0.6 is 0 Å². The summed E-state index contributed by atoms with van der Waals surface area (Å²) >= 11 is 0. The van der Waals surface area contributed by atoms with Gasteiger partial charge in [-0.25, -0.2) is 0 Å². The number of rotatable bonds is 2. The number of nitrogens with one attached hydrogen (secondary N) is 1. The summed E-state index contributed by atoms with van der Waals surface area (Å²) in [5, 5.41) is 15.0. The summed E-state index contributed by atoms with van der Waals surface area (Å²) in [7, 11) is 0. The maximum Gasteiger partial charge on any atom is 0.169 e. The predicted molar refractivity (Wildman–Crippen MR) is 58.1 cm³/mol. The summed E-state index contributed by atoms with van der Waals surface area (Å²) < 4.78 is 4.99. The van der Waals surface area contributed by atoms with Crippen LogP contribution in [0.4, 0.5) is 0 Å². The lowest BCUT2D eigenvalue weighted by molar-refractivity contribution is -0.255. The molecule has 84 valence electrons. The summed E-state index contributed by atoms with van der Waals surface area (Å²) in [4.78, 5) is 13.7. The van der Waals surface area contributed by atoms with Gasteiger partial charge in [-0.1, -0.05) is 23.4 Å². The lowest BCUT2D eigenvalue weighted by Crippen LogP contribution is -2.22. The third-order valence-corrected chi connectivity index (χ3v) is 2.57. The Morgan fingerprint density at radius 3 is 2.94 bits per heavy atom. The van der Waals surface area contributed by atoms with Crippen molar-refractivity contribution in [1.29, 1.82) is 0 Å². The van der Waals surface area contributed by atoms with Gasteiger partial charge in [0.1, 0.15) is 5.69 Å². The van der Waals surface area contributed by atoms with Crippen LogP contribution in [-0.4, -0.2) is 16.1 Å². The molecule has 0 amide bonds. The molecule has 0 saturated carbocycles. The number of carboxylic acid groups (broad SMARTS) is 1. The molecule has 2 aromatic heterocycles. The zero-order valence-electron chi connectivity index (χ0n) is 8.64. The highest BCUT2D eigenvalue weighted by Crippen LogP contribution is 2.28. The summed E-state index contributed by atoms with van der Waals surface area (Å²) in [6.07, 6.45) is 1.75. The van der Waals surface area contributed by atoms with Crippen LogP contribution in [0.5, 0.6) is 0 Å². The molecule has 0 saturated heterocycles. The maximum absolute atomic E-state index is 10.6. The van der Waals surface area contributed by atoms with Crippen molar-refractivity contribution in [2.75, 3.05) is 0 Å². The van der Waals surface area contributed by atoms with E-state index in [2.05, 4.69) is 10.1 Å². The number of hydrogen-bond donors (Lipinski definition) is 1. The number of hydrogen-bond acceptors (Lipinski definition) is 4. The third-order valence-electron chi connectivity index (χ3n) is 2.57. The largest absolute Gasteiger partial charge is 0.543 e. The van der Waals surface area contributed by atoms with Crippen molar-refractivity contribution in [2.45, 2.75) is 0 Å². The standard InChI is InChI=1S/C12H8N2O3/c15-12(16)10-5-11(17-14-10)8-6-13-9-4-2-1-3-7(8)9/h1-6,13H,(H,15,16)/p-1. The minimum absolute atomic E-state index is 0.203. The number of carboxylic acids is 1. The highest BCUT2D eigenvalue weighted by Gasteiger charge is 2.11. The number of aromatic amines is 1. The molecule has 2 heterocycles. The van der Waals surface area contributed by atoms with Crippen molar-refractivity contribution in [3.63, 3.8) is 0 Å². The zero-order valence-corrected chi connectivity index (χ0v) is 8.64. The normalized spacial score (nSPS) is 10.8. The summed E-state index contributed by atoms with van der Waals surface area (Å²) in [5.41, 5.74) is 1.53. The molecule has 0 aliphatic heterocycles. The van der Waals surface area contributed by atoms with E-state index in [0.29, 0.717) is 5.76 Å². The average molecular weight is 227 g/mol. The number of H-pyrrole nitrogens is 1. The van der Waals surface area contributed by atoms with E-state index in [0.717, 1.165) is 16.5 Å². The molecule has 0 fully saturated rings. The Balaban J connectivity index is 2.17. The molecule has 1 aromatic carbocycles. The molecule has 3 aromatic rings. The second-order valence-corrected chi connectivity index (χ2v) is 3.61. The molecule has 5 nitrogen and oxygen atoms in total. The molecular formula is C12H7N2O3-. The van der Waals surface area contributed by atoms with E-state index in [-0.39, 0.29) is 5.69 Å². The van der Waals surface area contributed by atoms with Crippen LogP contribution < -0.4 is 5.11 Å². The summed E-state index contributed by atoms with van der Waals surface area (Å²) in [5.74, 6) is -0.943. The smallest absolute Gasteiger partial charge is 0.169 e. The van der Waals surface area contributed by atoms with E-state index in [1.807, 2.05) is 24.3 Å². The minimum Gasteiger partial charge on any atom is -0.543 e. The first kappa shape index (κ1) is 9.65. The monoisotopic (exact) mass is 227 g/mol. The van der Waals surface area contributed by atoms with Gasteiger partial charge in [0.2, 0.25) is 0 Å². The van der Waals surface area contributed by atoms with Crippen LogP contribution in [0, 0.1) is 0 Å². The van der Waals surface area contributed by atoms with Crippen molar-refractivity contribution < 1.29 is 14.4 Å². The van der Waals surface area contributed by atoms with Crippen LogP contribution in [0.3, 0.4) is 0 Å². The fourth-order valence-electron chi connectivity index (χ4n) is 1.77. The molecular weight excluding hydrogens is 220 g/mol. The quantitative estimate of drug-likeness (QED) is 0.712. The number of fused-ring (bicyclic) bond motifs is 1. The fraction of sp³-hybridized carbons (Fsp3) is 0. The lowest BCUT2D eigenvalue weighted by Gasteiger charge is -1.92. The number of carbonyl (C=O) groups is 1. The highest BCUT2D eigenvalue weighted by molar-refractivity contribution is 5.95. The lowest BCUT2D eigenvalue weighted by atomic mass is 10.1. The van der Waals surface area contributed by atoms with Crippen molar-refractivity contribution in [2.24, 2.45) is 0 Å². The van der Waals surface area contributed by atoms with Crippen LogP contribution in [0.25, 0.3) is 22.2 Å². The van der Waals surface area contributed by atoms with Crippen LogP contribution in [0.15, 0.2) is 41.1 Å². The molecule has 0 atom stereocenters. The Bertz CT molecular complexity index is 696. The van der Waals surface area contributed by atoms with Crippen LogP contribution in [0.2, 0.25) is 0 Å². The Kier molecular flexibility index (Phi) is 1.98. The number of carbonyl (C=O) groups excluding carboxylic acids is 1. The van der Waals surface area contributed by atoms with Gasteiger partial charge < -0.3 is 19.4 Å². The van der Waals surface area contributed by atoms with E-state index in [9.17, 15) is 9.90 Å². The molecule has 0 aliphatic carbocycles. The van der Waals surface area contributed by atoms with Crippen LogP contribution in [-0.2, 0) is 0 Å². The second-order valence-electron chi connectivity index (χ2n) is 3.61. The summed E-state index contributed by atoms with van der Waals surface area (Å²) in [6, 6.07) is 9.01. The van der Waals surface area contributed by atoms with Gasteiger partial charge in [-0.15, -0.1) is 0 Å². The number of nitrogens with zero attached hydrogens (tertiary/aromatic N) is 1. The Hall–Kier alpha value is -2.56.